The van der Waals surface area contributed by atoms with E-state index >= 15 is 0 Å². The van der Waals surface area contributed by atoms with Gasteiger partial charge < -0.3 is 10.1 Å². The zero-order valence-corrected chi connectivity index (χ0v) is 19.6. The average molecular weight is 504 g/mol. The van der Waals surface area contributed by atoms with Crippen molar-refractivity contribution in [1.82, 2.24) is 10.3 Å². The Labute approximate surface area is 195 Å². The van der Waals surface area contributed by atoms with Crippen molar-refractivity contribution in [2.75, 3.05) is 17.6 Å². The zero-order chi connectivity index (χ0) is 25.3. The molecular formula is C22H25F4N3O4S. The van der Waals surface area contributed by atoms with Crippen LogP contribution in [0.2, 0.25) is 0 Å². The highest BCUT2D eigenvalue weighted by Crippen LogP contribution is 2.38. The summed E-state index contributed by atoms with van der Waals surface area (Å²) in [6, 6.07) is 5.69. The molecule has 0 aliphatic heterocycles. The summed E-state index contributed by atoms with van der Waals surface area (Å²) >= 11 is 0. The number of hydrogen-bond donors (Lipinski definition) is 2. The number of benzene rings is 1. The molecule has 12 heteroatoms. The monoisotopic (exact) mass is 503 g/mol. The van der Waals surface area contributed by atoms with E-state index in [0.29, 0.717) is 11.5 Å². The first-order chi connectivity index (χ1) is 15.7. The first kappa shape index (κ1) is 25.7. The van der Waals surface area contributed by atoms with Crippen LogP contribution in [0.1, 0.15) is 43.0 Å². The lowest BCUT2D eigenvalue weighted by Gasteiger charge is -2.16. The van der Waals surface area contributed by atoms with Gasteiger partial charge in [0.1, 0.15) is 11.5 Å². The summed E-state index contributed by atoms with van der Waals surface area (Å²) in [5, 5.41) is 2.61. The second-order valence-corrected chi connectivity index (χ2v) is 10.2. The molecule has 1 amide bonds. The number of nitrogens with one attached hydrogen (secondary N) is 2. The molecule has 7 nitrogen and oxygen atoms in total. The normalized spacial score (nSPS) is 18.8. The van der Waals surface area contributed by atoms with Crippen LogP contribution in [-0.4, -0.2) is 32.2 Å². The van der Waals surface area contributed by atoms with E-state index in [1.165, 1.54) is 25.1 Å². The number of hydrogen-bond acceptors (Lipinski definition) is 5. The van der Waals surface area contributed by atoms with Gasteiger partial charge in [-0.2, -0.15) is 13.2 Å². The molecule has 0 bridgehead atoms. The molecule has 1 aliphatic rings. The molecular weight excluding hydrogens is 478 g/mol. The summed E-state index contributed by atoms with van der Waals surface area (Å²) in [4.78, 5) is 16.2. The lowest BCUT2D eigenvalue weighted by Crippen LogP contribution is -2.28. The van der Waals surface area contributed by atoms with Crippen LogP contribution in [0.4, 0.5) is 23.2 Å². The number of nitrogens with zero attached hydrogens (tertiary/aromatic N) is 1. The third kappa shape index (κ3) is 6.81. The fraction of sp³-hybridized carbons (Fsp3) is 0.455. The number of carbonyl (C=O) groups is 1. The first-order valence-corrected chi connectivity index (χ1v) is 12.4. The molecule has 2 aromatic rings. The van der Waals surface area contributed by atoms with Gasteiger partial charge in [-0.3, -0.25) is 9.52 Å². The molecule has 1 fully saturated rings. The standard InChI is InChI=1S/C22H25F4N3O4S/c1-12-8-16(12)11-33-21-15(5-7-19(28-21)22(24,25)26)10-27-20(30)13(2)14-4-6-18(17(23)9-14)29-34(3,31)32/h4-7,9,12-13,16,29H,8,10-11H2,1-3H3,(H,27,30). The molecule has 3 rings (SSSR count). The van der Waals surface area contributed by atoms with Crippen LogP contribution in [0.15, 0.2) is 30.3 Å². The Morgan fingerprint density at radius 3 is 2.50 bits per heavy atom. The molecule has 0 radical (unpaired) electrons. The molecule has 1 saturated carbocycles. The van der Waals surface area contributed by atoms with Crippen LogP contribution in [0.5, 0.6) is 5.88 Å². The summed E-state index contributed by atoms with van der Waals surface area (Å²) in [6.45, 7) is 3.63. The van der Waals surface area contributed by atoms with Gasteiger partial charge in [-0.1, -0.05) is 13.0 Å². The number of anilines is 1. The Balaban J connectivity index is 1.69. The minimum atomic E-state index is -4.64. The van der Waals surface area contributed by atoms with E-state index in [2.05, 4.69) is 10.3 Å². The van der Waals surface area contributed by atoms with Gasteiger partial charge in [0, 0.05) is 12.1 Å². The Bertz CT molecular complexity index is 1170. The number of halogens is 4. The van der Waals surface area contributed by atoms with E-state index in [1.54, 1.807) is 0 Å². The van der Waals surface area contributed by atoms with Gasteiger partial charge in [0.15, 0.2) is 0 Å². The maximum absolute atomic E-state index is 14.2. The molecule has 0 saturated heterocycles. The van der Waals surface area contributed by atoms with E-state index in [9.17, 15) is 30.8 Å². The third-order valence-corrected chi connectivity index (χ3v) is 6.17. The third-order valence-electron chi connectivity index (χ3n) is 5.57. The SMILES string of the molecule is CC(C(=O)NCc1ccc(C(F)(F)F)nc1OCC1CC1C)c1ccc(NS(C)(=O)=O)c(F)c1. The zero-order valence-electron chi connectivity index (χ0n) is 18.7. The highest BCUT2D eigenvalue weighted by Gasteiger charge is 2.35. The van der Waals surface area contributed by atoms with Crippen LogP contribution in [0.25, 0.3) is 0 Å². The maximum Gasteiger partial charge on any atom is 0.433 e. The molecule has 186 valence electrons. The van der Waals surface area contributed by atoms with Gasteiger partial charge in [-0.15, -0.1) is 0 Å². The van der Waals surface area contributed by atoms with Gasteiger partial charge >= 0.3 is 6.18 Å². The predicted molar refractivity (Wildman–Crippen MR) is 117 cm³/mol. The number of amides is 1. The molecule has 0 spiro atoms. The Kier molecular flexibility index (Phi) is 7.39. The summed E-state index contributed by atoms with van der Waals surface area (Å²) in [7, 11) is -3.67. The maximum atomic E-state index is 14.2. The highest BCUT2D eigenvalue weighted by atomic mass is 32.2. The summed E-state index contributed by atoms with van der Waals surface area (Å²) in [5.41, 5.74) is -0.769. The van der Waals surface area contributed by atoms with Gasteiger partial charge in [0.25, 0.3) is 0 Å². The van der Waals surface area contributed by atoms with Crippen LogP contribution >= 0.6 is 0 Å². The van der Waals surface area contributed by atoms with Gasteiger partial charge in [-0.05, 0) is 55.0 Å². The summed E-state index contributed by atoms with van der Waals surface area (Å²) < 4.78 is 83.6. The van der Waals surface area contributed by atoms with E-state index in [0.717, 1.165) is 24.8 Å². The Hall–Kier alpha value is -2.89. The van der Waals surface area contributed by atoms with E-state index in [-0.39, 0.29) is 36.2 Å². The van der Waals surface area contributed by atoms with Crippen molar-refractivity contribution in [2.24, 2.45) is 11.8 Å². The topological polar surface area (TPSA) is 97.4 Å². The molecule has 2 N–H and O–H groups in total. The fourth-order valence-electron chi connectivity index (χ4n) is 3.27. The summed E-state index contributed by atoms with van der Waals surface area (Å²) in [5.74, 6) is -1.67. The van der Waals surface area contributed by atoms with E-state index < -0.39 is 39.5 Å². The minimum Gasteiger partial charge on any atom is -0.477 e. The molecule has 1 aromatic heterocycles. The second-order valence-electron chi connectivity index (χ2n) is 8.50. The fourth-order valence-corrected chi connectivity index (χ4v) is 3.84. The molecule has 1 heterocycles. The number of sulfonamides is 1. The van der Waals surface area contributed by atoms with Gasteiger partial charge in [0.2, 0.25) is 21.8 Å². The number of rotatable bonds is 9. The summed E-state index contributed by atoms with van der Waals surface area (Å²) in [6.07, 6.45) is -2.82. The lowest BCUT2D eigenvalue weighted by atomic mass is 9.99. The van der Waals surface area contributed by atoms with Crippen molar-refractivity contribution in [2.45, 2.75) is 38.9 Å². The van der Waals surface area contributed by atoms with Crippen molar-refractivity contribution in [3.63, 3.8) is 0 Å². The molecule has 3 unspecified atom stereocenters. The Morgan fingerprint density at radius 1 is 1.26 bits per heavy atom. The van der Waals surface area contributed by atoms with Crippen molar-refractivity contribution < 1.29 is 35.5 Å². The predicted octanol–water partition coefficient (Wildman–Crippen LogP) is 4.07. The number of alkyl halides is 3. The van der Waals surface area contributed by atoms with Crippen LogP contribution in [0.3, 0.4) is 0 Å². The van der Waals surface area contributed by atoms with Crippen molar-refractivity contribution in [1.29, 1.82) is 0 Å². The van der Waals surface area contributed by atoms with Crippen LogP contribution in [0, 0.1) is 17.7 Å². The first-order valence-electron chi connectivity index (χ1n) is 10.5. The highest BCUT2D eigenvalue weighted by molar-refractivity contribution is 7.92. The lowest BCUT2D eigenvalue weighted by molar-refractivity contribution is -0.141. The molecule has 3 atom stereocenters. The smallest absolute Gasteiger partial charge is 0.433 e. The number of carbonyl (C=O) groups excluding carboxylic acids is 1. The van der Waals surface area contributed by atoms with E-state index in [4.69, 9.17) is 4.74 Å². The molecule has 34 heavy (non-hydrogen) atoms. The van der Waals surface area contributed by atoms with Gasteiger partial charge in [-0.25, -0.2) is 17.8 Å². The average Bonchev–Trinajstić information content (AvgIpc) is 3.45. The van der Waals surface area contributed by atoms with Crippen molar-refractivity contribution >= 4 is 21.6 Å². The quantitative estimate of drug-likeness (QED) is 0.503. The van der Waals surface area contributed by atoms with Crippen molar-refractivity contribution in [3.8, 4) is 5.88 Å². The number of ether oxygens (including phenoxy) is 1. The number of aromatic nitrogens is 1. The van der Waals surface area contributed by atoms with Crippen molar-refractivity contribution in [3.05, 3.63) is 53.0 Å². The second kappa shape index (κ2) is 9.77. The molecule has 1 aliphatic carbocycles. The van der Waals surface area contributed by atoms with Crippen LogP contribution in [-0.2, 0) is 27.5 Å². The largest absolute Gasteiger partial charge is 0.477 e. The number of pyridine rings is 1. The molecule has 1 aromatic carbocycles. The van der Waals surface area contributed by atoms with Gasteiger partial charge in [0.05, 0.1) is 24.5 Å². The van der Waals surface area contributed by atoms with E-state index in [1.807, 2.05) is 11.6 Å². The minimum absolute atomic E-state index is 0.139. The van der Waals surface area contributed by atoms with Crippen LogP contribution < -0.4 is 14.8 Å². The Morgan fingerprint density at radius 2 is 1.94 bits per heavy atom.